The maximum atomic E-state index is 12.3. The molecule has 1 aliphatic carbocycles. The summed E-state index contributed by atoms with van der Waals surface area (Å²) in [4.78, 5) is 26.0. The molecule has 5 heteroatoms. The predicted octanol–water partition coefficient (Wildman–Crippen LogP) is 0.768. The molecule has 1 saturated heterocycles. The van der Waals surface area contributed by atoms with Crippen LogP contribution in [0.2, 0.25) is 0 Å². The molecule has 2 rings (SSSR count). The number of likely N-dealkylation sites (tertiary alicyclic amines) is 1. The SMILES string of the molecule is CC(C)CN1CC(C(=O)NC2CCCC2CO)CC1=O. The number of nitrogens with zero attached hydrogens (tertiary/aromatic N) is 1. The topological polar surface area (TPSA) is 69.6 Å². The van der Waals surface area contributed by atoms with Gasteiger partial charge in [-0.3, -0.25) is 9.59 Å². The Morgan fingerprint density at radius 1 is 1.45 bits per heavy atom. The van der Waals surface area contributed by atoms with E-state index in [1.54, 1.807) is 4.90 Å². The van der Waals surface area contributed by atoms with Crippen molar-refractivity contribution in [2.24, 2.45) is 17.8 Å². The van der Waals surface area contributed by atoms with Crippen LogP contribution in [-0.2, 0) is 9.59 Å². The highest BCUT2D eigenvalue weighted by atomic mass is 16.3. The number of rotatable bonds is 5. The van der Waals surface area contributed by atoms with Crippen LogP contribution in [0, 0.1) is 17.8 Å². The summed E-state index contributed by atoms with van der Waals surface area (Å²) in [5, 5.41) is 12.3. The van der Waals surface area contributed by atoms with E-state index >= 15 is 0 Å². The second kappa shape index (κ2) is 6.57. The smallest absolute Gasteiger partial charge is 0.225 e. The van der Waals surface area contributed by atoms with Crippen molar-refractivity contribution in [3.63, 3.8) is 0 Å². The predicted molar refractivity (Wildman–Crippen MR) is 75.9 cm³/mol. The summed E-state index contributed by atoms with van der Waals surface area (Å²) >= 11 is 0. The van der Waals surface area contributed by atoms with Crippen LogP contribution in [0.4, 0.5) is 0 Å². The van der Waals surface area contributed by atoms with Crippen molar-refractivity contribution in [1.82, 2.24) is 10.2 Å². The van der Waals surface area contributed by atoms with E-state index in [1.165, 1.54) is 0 Å². The van der Waals surface area contributed by atoms with E-state index in [-0.39, 0.29) is 36.3 Å². The summed E-state index contributed by atoms with van der Waals surface area (Å²) in [7, 11) is 0. The Morgan fingerprint density at radius 3 is 2.85 bits per heavy atom. The van der Waals surface area contributed by atoms with Crippen molar-refractivity contribution < 1.29 is 14.7 Å². The number of carbonyl (C=O) groups excluding carboxylic acids is 2. The first-order valence-corrected chi connectivity index (χ1v) is 7.70. The number of carbonyl (C=O) groups is 2. The quantitative estimate of drug-likeness (QED) is 0.782. The van der Waals surface area contributed by atoms with Gasteiger partial charge in [0.2, 0.25) is 11.8 Å². The van der Waals surface area contributed by atoms with Crippen LogP contribution in [0.15, 0.2) is 0 Å². The number of nitrogens with one attached hydrogen (secondary N) is 1. The molecule has 2 amide bonds. The Hall–Kier alpha value is -1.10. The number of hydrogen-bond acceptors (Lipinski definition) is 3. The third-order valence-corrected chi connectivity index (χ3v) is 4.39. The molecule has 114 valence electrons. The molecular weight excluding hydrogens is 256 g/mol. The molecule has 20 heavy (non-hydrogen) atoms. The second-order valence-electron chi connectivity index (χ2n) is 6.58. The molecule has 0 radical (unpaired) electrons. The highest BCUT2D eigenvalue weighted by Crippen LogP contribution is 2.26. The number of aliphatic hydroxyl groups excluding tert-OH is 1. The fourth-order valence-electron chi connectivity index (χ4n) is 3.31. The fourth-order valence-corrected chi connectivity index (χ4v) is 3.31. The van der Waals surface area contributed by atoms with Gasteiger partial charge in [-0.25, -0.2) is 0 Å². The minimum Gasteiger partial charge on any atom is -0.396 e. The Labute approximate surface area is 120 Å². The molecule has 0 aromatic carbocycles. The third-order valence-electron chi connectivity index (χ3n) is 4.39. The van der Waals surface area contributed by atoms with Gasteiger partial charge < -0.3 is 15.3 Å². The number of amides is 2. The lowest BCUT2D eigenvalue weighted by Crippen LogP contribution is -2.42. The molecule has 1 saturated carbocycles. The molecule has 3 unspecified atom stereocenters. The largest absolute Gasteiger partial charge is 0.396 e. The third kappa shape index (κ3) is 3.51. The van der Waals surface area contributed by atoms with Crippen molar-refractivity contribution in [2.75, 3.05) is 19.7 Å². The summed E-state index contributed by atoms with van der Waals surface area (Å²) in [6, 6.07) is 0.0850. The number of aliphatic hydroxyl groups is 1. The molecule has 2 aliphatic rings. The highest BCUT2D eigenvalue weighted by Gasteiger charge is 2.36. The van der Waals surface area contributed by atoms with Crippen LogP contribution in [-0.4, -0.2) is 47.6 Å². The Bertz CT molecular complexity index is 370. The van der Waals surface area contributed by atoms with E-state index < -0.39 is 0 Å². The molecule has 3 atom stereocenters. The van der Waals surface area contributed by atoms with E-state index in [9.17, 15) is 14.7 Å². The lowest BCUT2D eigenvalue weighted by Gasteiger charge is -2.22. The van der Waals surface area contributed by atoms with Crippen molar-refractivity contribution in [1.29, 1.82) is 0 Å². The summed E-state index contributed by atoms with van der Waals surface area (Å²) < 4.78 is 0. The van der Waals surface area contributed by atoms with E-state index in [0.717, 1.165) is 25.8 Å². The van der Waals surface area contributed by atoms with Gasteiger partial charge in [0, 0.05) is 38.1 Å². The zero-order chi connectivity index (χ0) is 14.7. The van der Waals surface area contributed by atoms with Crippen molar-refractivity contribution in [2.45, 2.75) is 45.6 Å². The van der Waals surface area contributed by atoms with Crippen LogP contribution < -0.4 is 5.32 Å². The molecule has 0 aromatic rings. The van der Waals surface area contributed by atoms with Gasteiger partial charge in [0.15, 0.2) is 0 Å². The van der Waals surface area contributed by atoms with Crippen LogP contribution in [0.5, 0.6) is 0 Å². The molecule has 0 bridgehead atoms. The minimum absolute atomic E-state index is 0.0186. The average Bonchev–Trinajstić information content (AvgIpc) is 2.96. The molecule has 0 spiro atoms. The zero-order valence-corrected chi connectivity index (χ0v) is 12.5. The standard InChI is InChI=1S/C15H26N2O3/c1-10(2)7-17-8-12(6-14(17)19)15(20)16-13-5-3-4-11(13)9-18/h10-13,18H,3-9H2,1-2H3,(H,16,20). The molecule has 5 nitrogen and oxygen atoms in total. The summed E-state index contributed by atoms with van der Waals surface area (Å²) in [5.74, 6) is 0.456. The van der Waals surface area contributed by atoms with Gasteiger partial charge >= 0.3 is 0 Å². The zero-order valence-electron chi connectivity index (χ0n) is 12.5. The highest BCUT2D eigenvalue weighted by molar-refractivity contribution is 5.89. The molecule has 1 heterocycles. The molecule has 1 aliphatic heterocycles. The summed E-state index contributed by atoms with van der Waals surface area (Å²) in [6.07, 6.45) is 3.30. The van der Waals surface area contributed by atoms with Gasteiger partial charge in [-0.1, -0.05) is 20.3 Å². The first-order valence-electron chi connectivity index (χ1n) is 7.70. The lowest BCUT2D eigenvalue weighted by molar-refractivity contribution is -0.129. The van der Waals surface area contributed by atoms with Crippen LogP contribution >= 0.6 is 0 Å². The van der Waals surface area contributed by atoms with Gasteiger partial charge in [0.05, 0.1) is 5.92 Å². The summed E-state index contributed by atoms with van der Waals surface area (Å²) in [6.45, 7) is 5.55. The van der Waals surface area contributed by atoms with Gasteiger partial charge in [0.25, 0.3) is 0 Å². The first kappa shape index (κ1) is 15.3. The van der Waals surface area contributed by atoms with E-state index in [0.29, 0.717) is 18.9 Å². The Morgan fingerprint density at radius 2 is 2.20 bits per heavy atom. The molecular formula is C15H26N2O3. The normalized spacial score (nSPS) is 30.3. The maximum Gasteiger partial charge on any atom is 0.225 e. The fraction of sp³-hybridized carbons (Fsp3) is 0.867. The van der Waals surface area contributed by atoms with Crippen molar-refractivity contribution in [3.05, 3.63) is 0 Å². The molecule has 2 fully saturated rings. The molecule has 0 aromatic heterocycles. The first-order chi connectivity index (χ1) is 9.51. The summed E-state index contributed by atoms with van der Waals surface area (Å²) in [5.41, 5.74) is 0. The second-order valence-corrected chi connectivity index (χ2v) is 6.58. The monoisotopic (exact) mass is 282 g/mol. The van der Waals surface area contributed by atoms with Crippen molar-refractivity contribution in [3.8, 4) is 0 Å². The lowest BCUT2D eigenvalue weighted by atomic mass is 10.0. The van der Waals surface area contributed by atoms with Gasteiger partial charge in [-0.05, 0) is 18.8 Å². The van der Waals surface area contributed by atoms with Crippen molar-refractivity contribution >= 4 is 11.8 Å². The van der Waals surface area contributed by atoms with E-state index in [1.807, 2.05) is 0 Å². The van der Waals surface area contributed by atoms with Gasteiger partial charge in [-0.15, -0.1) is 0 Å². The van der Waals surface area contributed by atoms with Crippen LogP contribution in [0.3, 0.4) is 0 Å². The van der Waals surface area contributed by atoms with Gasteiger partial charge in [0.1, 0.15) is 0 Å². The maximum absolute atomic E-state index is 12.3. The van der Waals surface area contributed by atoms with Gasteiger partial charge in [-0.2, -0.15) is 0 Å². The molecule has 2 N–H and O–H groups in total. The van der Waals surface area contributed by atoms with Crippen LogP contribution in [0.1, 0.15) is 39.5 Å². The van der Waals surface area contributed by atoms with E-state index in [4.69, 9.17) is 0 Å². The average molecular weight is 282 g/mol. The minimum atomic E-state index is -0.221. The van der Waals surface area contributed by atoms with E-state index in [2.05, 4.69) is 19.2 Å². The van der Waals surface area contributed by atoms with Crippen LogP contribution in [0.25, 0.3) is 0 Å². The Kier molecular flexibility index (Phi) is 5.02. The number of hydrogen-bond donors (Lipinski definition) is 2. The Balaban J connectivity index is 1.86.